The van der Waals surface area contributed by atoms with Gasteiger partial charge in [-0.1, -0.05) is 127 Å². The lowest BCUT2D eigenvalue weighted by Crippen LogP contribution is -2.00. The van der Waals surface area contributed by atoms with Crippen molar-refractivity contribution in [2.24, 2.45) is 0 Å². The second-order valence-electron chi connectivity index (χ2n) is 11.6. The molecule has 0 saturated carbocycles. The molecule has 0 atom stereocenters. The van der Waals surface area contributed by atoms with Gasteiger partial charge in [-0.2, -0.15) is 0 Å². The number of benzene rings is 7. The van der Waals surface area contributed by atoms with Crippen molar-refractivity contribution in [1.82, 2.24) is 15.0 Å². The van der Waals surface area contributed by atoms with E-state index in [0.29, 0.717) is 22.3 Å². The van der Waals surface area contributed by atoms with Crippen molar-refractivity contribution in [3.8, 4) is 45.3 Å². The van der Waals surface area contributed by atoms with E-state index in [0.717, 1.165) is 54.6 Å². The zero-order valence-corrected chi connectivity index (χ0v) is 25.2. The maximum atomic E-state index is 8.79. The van der Waals surface area contributed by atoms with Crippen LogP contribution in [0.25, 0.3) is 99.9 Å². The minimum atomic E-state index is -0.493. The Kier molecular flexibility index (Phi) is 4.81. The van der Waals surface area contributed by atoms with Gasteiger partial charge in [0.2, 0.25) is 0 Å². The molecule has 0 N–H and O–H groups in total. The summed E-state index contributed by atoms with van der Waals surface area (Å²) >= 11 is 0. The topological polar surface area (TPSA) is 65.0 Å². The summed E-state index contributed by atoms with van der Waals surface area (Å²) in [6.45, 7) is 0. The van der Waals surface area contributed by atoms with Crippen LogP contribution in [0.15, 0.2) is 160 Å². The van der Waals surface area contributed by atoms with E-state index in [1.54, 1.807) is 0 Å². The van der Waals surface area contributed by atoms with Crippen molar-refractivity contribution in [2.75, 3.05) is 0 Å². The van der Waals surface area contributed by atoms with Crippen LogP contribution in [0, 0.1) is 0 Å². The van der Waals surface area contributed by atoms with Gasteiger partial charge < -0.3 is 8.83 Å². The summed E-state index contributed by atoms with van der Waals surface area (Å²) in [6, 6.07) is 37.3. The van der Waals surface area contributed by atoms with Crippen LogP contribution in [0.3, 0.4) is 0 Å². The second-order valence-corrected chi connectivity index (χ2v) is 11.6. The molecule has 0 aliphatic carbocycles. The predicted octanol–water partition coefficient (Wildman–Crippen LogP) is 11.5. The first-order valence-corrected chi connectivity index (χ1v) is 15.5. The molecule has 0 bridgehead atoms. The van der Waals surface area contributed by atoms with E-state index in [2.05, 4.69) is 24.3 Å². The molecule has 0 unspecified atom stereocenters. The van der Waals surface area contributed by atoms with Crippen LogP contribution in [0.4, 0.5) is 0 Å². The number of hydrogen-bond acceptors (Lipinski definition) is 5. The Balaban J connectivity index is 1.26. The number of furan rings is 2. The SMILES string of the molecule is [2H]c1c([2H])c([2H])c(-c2nc(-c3cccc4c(-c5cccc6oc7ccccc7c56)cccc34)nc(-c3cccc4c3oc3ccccc34)n2)c([2H])c1[2H]. The lowest BCUT2D eigenvalue weighted by molar-refractivity contribution is 0.669. The molecule has 0 spiro atoms. The van der Waals surface area contributed by atoms with Crippen LogP contribution in [0.1, 0.15) is 6.85 Å². The quantitative estimate of drug-likeness (QED) is 0.196. The van der Waals surface area contributed by atoms with Crippen molar-refractivity contribution < 1.29 is 15.7 Å². The highest BCUT2D eigenvalue weighted by molar-refractivity contribution is 6.16. The van der Waals surface area contributed by atoms with Gasteiger partial charge in [-0.05, 0) is 46.2 Å². The van der Waals surface area contributed by atoms with Gasteiger partial charge in [0.15, 0.2) is 17.5 Å². The normalized spacial score (nSPS) is 13.2. The maximum absolute atomic E-state index is 8.79. The Morgan fingerprint density at radius 1 is 0.396 bits per heavy atom. The fourth-order valence-corrected chi connectivity index (χ4v) is 6.75. The van der Waals surface area contributed by atoms with E-state index in [9.17, 15) is 0 Å². The Hall–Kier alpha value is -6.59. The van der Waals surface area contributed by atoms with Crippen LogP contribution < -0.4 is 0 Å². The molecule has 7 aromatic carbocycles. The third-order valence-electron chi connectivity index (χ3n) is 8.86. The number of fused-ring (bicyclic) bond motifs is 7. The van der Waals surface area contributed by atoms with Gasteiger partial charge >= 0.3 is 0 Å². The Morgan fingerprint density at radius 2 is 0.938 bits per heavy atom. The monoisotopic (exact) mass is 620 g/mol. The Morgan fingerprint density at radius 3 is 1.75 bits per heavy atom. The molecule has 10 aromatic rings. The van der Waals surface area contributed by atoms with Gasteiger partial charge in [-0.15, -0.1) is 0 Å². The fraction of sp³-hybridized carbons (Fsp3) is 0. The van der Waals surface area contributed by atoms with Crippen molar-refractivity contribution in [2.45, 2.75) is 0 Å². The summed E-state index contributed by atoms with van der Waals surface area (Å²) in [7, 11) is 0. The van der Waals surface area contributed by atoms with Crippen molar-refractivity contribution in [1.29, 1.82) is 0 Å². The van der Waals surface area contributed by atoms with E-state index in [-0.39, 0.29) is 23.0 Å². The van der Waals surface area contributed by atoms with Crippen LogP contribution in [-0.4, -0.2) is 15.0 Å². The van der Waals surface area contributed by atoms with Gasteiger partial charge in [0.25, 0.3) is 0 Å². The van der Waals surface area contributed by atoms with Crippen molar-refractivity contribution in [3.05, 3.63) is 152 Å². The van der Waals surface area contributed by atoms with E-state index in [1.807, 2.05) is 97.1 Å². The molecule has 5 heteroatoms. The molecule has 5 nitrogen and oxygen atoms in total. The average molecular weight is 621 g/mol. The summed E-state index contributed by atoms with van der Waals surface area (Å²) in [4.78, 5) is 14.7. The van der Waals surface area contributed by atoms with Crippen LogP contribution in [0.5, 0.6) is 0 Å². The molecule has 0 radical (unpaired) electrons. The summed E-state index contributed by atoms with van der Waals surface area (Å²) in [5, 5.41) is 5.67. The zero-order valence-electron chi connectivity index (χ0n) is 30.2. The number of nitrogens with zero attached hydrogens (tertiary/aromatic N) is 3. The molecule has 10 rings (SSSR count). The minimum absolute atomic E-state index is 0.0436. The average Bonchev–Trinajstić information content (AvgIpc) is 3.78. The van der Waals surface area contributed by atoms with Crippen LogP contribution >= 0.6 is 0 Å². The van der Waals surface area contributed by atoms with Crippen molar-refractivity contribution >= 4 is 54.6 Å². The van der Waals surface area contributed by atoms with Crippen molar-refractivity contribution in [3.63, 3.8) is 0 Å². The highest BCUT2D eigenvalue weighted by atomic mass is 16.3. The first-order chi connectivity index (χ1) is 25.9. The second kappa shape index (κ2) is 10.5. The highest BCUT2D eigenvalue weighted by Gasteiger charge is 2.20. The van der Waals surface area contributed by atoms with Gasteiger partial charge in [0, 0.05) is 32.7 Å². The maximum Gasteiger partial charge on any atom is 0.167 e. The first kappa shape index (κ1) is 22.0. The number of aromatic nitrogens is 3. The minimum Gasteiger partial charge on any atom is -0.456 e. The standard InChI is InChI=1S/C43H25N3O2/c1-2-12-26(13-3-1)41-44-42(46-43(45-41)35-22-10-20-32-30-14-4-6-23-36(30)48-40(32)35)33-21-9-16-27-28(17-8-18-29(27)33)31-19-11-25-38-39(31)34-15-5-7-24-37(34)47-38/h1-25H/i1D,2D,3D,12D,13D. The van der Waals surface area contributed by atoms with E-state index >= 15 is 0 Å². The van der Waals surface area contributed by atoms with E-state index in [1.165, 1.54) is 0 Å². The molecule has 0 aliphatic rings. The van der Waals surface area contributed by atoms with E-state index < -0.39 is 30.2 Å². The third-order valence-corrected chi connectivity index (χ3v) is 8.86. The third kappa shape index (κ3) is 4.08. The first-order valence-electron chi connectivity index (χ1n) is 18.0. The summed E-state index contributed by atoms with van der Waals surface area (Å²) in [5.74, 6) is 0.474. The van der Waals surface area contributed by atoms with Crippen LogP contribution in [-0.2, 0) is 0 Å². The summed E-state index contributed by atoms with van der Waals surface area (Å²) < 4.78 is 55.2. The van der Waals surface area contributed by atoms with Gasteiger partial charge in [0.1, 0.15) is 22.3 Å². The van der Waals surface area contributed by atoms with Gasteiger partial charge in [-0.25, -0.2) is 15.0 Å². The van der Waals surface area contributed by atoms with Gasteiger partial charge in [-0.3, -0.25) is 0 Å². The molecule has 0 amide bonds. The lowest BCUT2D eigenvalue weighted by atomic mass is 9.93. The molecule has 0 aliphatic heterocycles. The summed E-state index contributed by atoms with van der Waals surface area (Å²) in [5.41, 5.74) is 6.04. The molecule has 0 saturated heterocycles. The fourth-order valence-electron chi connectivity index (χ4n) is 6.75. The molecule has 3 heterocycles. The zero-order chi connectivity index (χ0) is 36.0. The smallest absolute Gasteiger partial charge is 0.167 e. The molecular formula is C43H25N3O2. The molecule has 0 fully saturated rings. The Labute approximate surface area is 281 Å². The molecule has 224 valence electrons. The van der Waals surface area contributed by atoms with E-state index in [4.69, 9.17) is 30.6 Å². The molecular weight excluding hydrogens is 590 g/mol. The lowest BCUT2D eigenvalue weighted by Gasteiger charge is -2.13. The number of para-hydroxylation sites is 3. The largest absolute Gasteiger partial charge is 0.456 e. The molecule has 48 heavy (non-hydrogen) atoms. The Bertz CT molecular complexity index is 3120. The van der Waals surface area contributed by atoms with Crippen LogP contribution in [0.2, 0.25) is 0 Å². The number of rotatable bonds is 4. The molecule has 3 aromatic heterocycles. The number of hydrogen-bond donors (Lipinski definition) is 0. The summed E-state index contributed by atoms with van der Waals surface area (Å²) in [6.07, 6.45) is 0. The van der Waals surface area contributed by atoms with Gasteiger partial charge in [0.05, 0.1) is 12.4 Å². The predicted molar refractivity (Wildman–Crippen MR) is 194 cm³/mol. The highest BCUT2D eigenvalue weighted by Crippen LogP contribution is 2.41.